The normalized spacial score (nSPS) is 17.6. The van der Waals surface area contributed by atoms with Crippen molar-refractivity contribution in [3.05, 3.63) is 29.8 Å². The zero-order valence-electron chi connectivity index (χ0n) is 12.0. The average Bonchev–Trinajstić information content (AvgIpc) is 2.83. The van der Waals surface area contributed by atoms with E-state index in [4.69, 9.17) is 15.4 Å². The fraction of sp³-hybridized carbons (Fsp3) is 0.533. The second-order valence-electron chi connectivity index (χ2n) is 5.73. The number of hydrogen-bond donors (Lipinski definition) is 0. The van der Waals surface area contributed by atoms with Gasteiger partial charge in [0.25, 0.3) is 0 Å². The predicted octanol–water partition coefficient (Wildman–Crippen LogP) is 3.40. The molecule has 21 heavy (non-hydrogen) atoms. The van der Waals surface area contributed by atoms with Crippen molar-refractivity contribution in [1.82, 2.24) is 0 Å². The molecule has 1 aliphatic carbocycles. The highest BCUT2D eigenvalue weighted by molar-refractivity contribution is 8.13. The summed E-state index contributed by atoms with van der Waals surface area (Å²) in [6.07, 6.45) is 3.51. The SMILES string of the molecule is CC(=O)c1ccccc1OCC1(CS(=O)(=O)Cl)CCCC1. The molecule has 2 rings (SSSR count). The Morgan fingerprint density at radius 1 is 1.29 bits per heavy atom. The van der Waals surface area contributed by atoms with Gasteiger partial charge in [0, 0.05) is 16.1 Å². The topological polar surface area (TPSA) is 60.4 Å². The number of ether oxygens (including phenoxy) is 1. The largest absolute Gasteiger partial charge is 0.492 e. The first kappa shape index (κ1) is 16.3. The minimum atomic E-state index is -3.57. The number of rotatable bonds is 6. The maximum absolute atomic E-state index is 11.6. The summed E-state index contributed by atoms with van der Waals surface area (Å²) in [5.74, 6) is 0.350. The highest BCUT2D eigenvalue weighted by Crippen LogP contribution is 2.40. The smallest absolute Gasteiger partial charge is 0.233 e. The molecule has 0 aliphatic heterocycles. The molecule has 0 amide bonds. The maximum atomic E-state index is 11.6. The highest BCUT2D eigenvalue weighted by atomic mass is 35.7. The third-order valence-electron chi connectivity index (χ3n) is 3.94. The summed E-state index contributed by atoms with van der Waals surface area (Å²) in [4.78, 5) is 11.6. The van der Waals surface area contributed by atoms with Crippen LogP contribution >= 0.6 is 10.7 Å². The zero-order chi connectivity index (χ0) is 15.5. The molecule has 1 fully saturated rings. The average molecular weight is 331 g/mol. The van der Waals surface area contributed by atoms with Crippen molar-refractivity contribution in [3.63, 3.8) is 0 Å². The van der Waals surface area contributed by atoms with Gasteiger partial charge in [0.2, 0.25) is 9.05 Å². The Morgan fingerprint density at radius 3 is 2.48 bits per heavy atom. The summed E-state index contributed by atoms with van der Waals surface area (Å²) >= 11 is 0. The molecule has 0 aromatic heterocycles. The number of benzene rings is 1. The second kappa shape index (κ2) is 6.36. The third kappa shape index (κ3) is 4.45. The summed E-state index contributed by atoms with van der Waals surface area (Å²) in [7, 11) is 1.86. The Labute approximate surface area is 129 Å². The van der Waals surface area contributed by atoms with Gasteiger partial charge in [-0.05, 0) is 31.9 Å². The molecule has 4 nitrogen and oxygen atoms in total. The van der Waals surface area contributed by atoms with Gasteiger partial charge in [-0.15, -0.1) is 0 Å². The summed E-state index contributed by atoms with van der Waals surface area (Å²) in [6, 6.07) is 7.01. The Morgan fingerprint density at radius 2 is 1.90 bits per heavy atom. The summed E-state index contributed by atoms with van der Waals surface area (Å²) < 4.78 is 28.7. The van der Waals surface area contributed by atoms with E-state index in [1.54, 1.807) is 24.3 Å². The number of halogens is 1. The lowest BCUT2D eigenvalue weighted by molar-refractivity contribution is 0.100. The van der Waals surface area contributed by atoms with Gasteiger partial charge in [0.15, 0.2) is 5.78 Å². The van der Waals surface area contributed by atoms with Crippen molar-refractivity contribution in [2.45, 2.75) is 32.6 Å². The lowest BCUT2D eigenvalue weighted by Crippen LogP contribution is -2.32. The quantitative estimate of drug-likeness (QED) is 0.592. The van der Waals surface area contributed by atoms with E-state index in [1.807, 2.05) is 0 Å². The molecule has 0 N–H and O–H groups in total. The zero-order valence-corrected chi connectivity index (χ0v) is 13.5. The standard InChI is InChI=1S/C15H19ClO4S/c1-12(17)13-6-2-3-7-14(13)20-10-15(8-4-5-9-15)11-21(16,18)19/h2-3,6-7H,4-5,8-11H2,1H3. The van der Waals surface area contributed by atoms with Gasteiger partial charge in [-0.25, -0.2) is 8.42 Å². The van der Waals surface area contributed by atoms with Gasteiger partial charge in [0.05, 0.1) is 17.9 Å². The van der Waals surface area contributed by atoms with Crippen LogP contribution in [0, 0.1) is 5.41 Å². The van der Waals surface area contributed by atoms with E-state index in [-0.39, 0.29) is 18.1 Å². The first-order chi connectivity index (χ1) is 9.81. The van der Waals surface area contributed by atoms with Crippen LogP contribution in [0.3, 0.4) is 0 Å². The van der Waals surface area contributed by atoms with Crippen molar-refractivity contribution in [2.24, 2.45) is 5.41 Å². The van der Waals surface area contributed by atoms with Crippen LogP contribution in [0.15, 0.2) is 24.3 Å². The minimum absolute atomic E-state index is 0.0731. The van der Waals surface area contributed by atoms with Crippen LogP contribution < -0.4 is 4.74 Å². The maximum Gasteiger partial charge on any atom is 0.233 e. The van der Waals surface area contributed by atoms with Crippen molar-refractivity contribution >= 4 is 25.5 Å². The number of carbonyl (C=O) groups is 1. The molecule has 0 radical (unpaired) electrons. The van der Waals surface area contributed by atoms with Gasteiger partial charge in [0.1, 0.15) is 5.75 Å². The molecule has 1 aromatic rings. The number of Topliss-reactive ketones (excluding diaryl/α,β-unsaturated/α-hetero) is 1. The van der Waals surface area contributed by atoms with Gasteiger partial charge < -0.3 is 4.74 Å². The van der Waals surface area contributed by atoms with Crippen molar-refractivity contribution in [1.29, 1.82) is 0 Å². The van der Waals surface area contributed by atoms with E-state index in [9.17, 15) is 13.2 Å². The van der Waals surface area contributed by atoms with Crippen molar-refractivity contribution < 1.29 is 17.9 Å². The minimum Gasteiger partial charge on any atom is -0.492 e. The lowest BCUT2D eigenvalue weighted by atomic mass is 9.90. The molecule has 0 spiro atoms. The van der Waals surface area contributed by atoms with Crippen LogP contribution in [-0.2, 0) is 9.05 Å². The number of hydrogen-bond acceptors (Lipinski definition) is 4. The molecular formula is C15H19ClO4S. The van der Waals surface area contributed by atoms with Crippen LogP contribution in [0.5, 0.6) is 5.75 Å². The number of carbonyl (C=O) groups excluding carboxylic acids is 1. The molecule has 1 saturated carbocycles. The fourth-order valence-electron chi connectivity index (χ4n) is 2.94. The van der Waals surface area contributed by atoms with Crippen LogP contribution in [0.1, 0.15) is 43.0 Å². The molecular weight excluding hydrogens is 312 g/mol. The molecule has 0 saturated heterocycles. The molecule has 0 atom stereocenters. The van der Waals surface area contributed by atoms with E-state index in [2.05, 4.69) is 0 Å². The molecule has 0 heterocycles. The van der Waals surface area contributed by atoms with E-state index in [0.29, 0.717) is 11.3 Å². The summed E-state index contributed by atoms with van der Waals surface area (Å²) in [5, 5.41) is 0. The Balaban J connectivity index is 2.15. The lowest BCUT2D eigenvalue weighted by Gasteiger charge is -2.27. The molecule has 116 valence electrons. The highest BCUT2D eigenvalue weighted by Gasteiger charge is 2.38. The fourth-order valence-corrected chi connectivity index (χ4v) is 4.73. The van der Waals surface area contributed by atoms with Crippen molar-refractivity contribution in [3.8, 4) is 5.75 Å². The summed E-state index contributed by atoms with van der Waals surface area (Å²) in [6.45, 7) is 1.75. The van der Waals surface area contributed by atoms with Crippen LogP contribution in [0.2, 0.25) is 0 Å². The van der Waals surface area contributed by atoms with E-state index < -0.39 is 14.5 Å². The second-order valence-corrected chi connectivity index (χ2v) is 8.51. The Kier molecular flexibility index (Phi) is 4.94. The number of para-hydroxylation sites is 1. The third-order valence-corrected chi connectivity index (χ3v) is 5.23. The Bertz CT molecular complexity index is 618. The molecule has 1 aliphatic rings. The van der Waals surface area contributed by atoms with Gasteiger partial charge >= 0.3 is 0 Å². The molecule has 0 bridgehead atoms. The Hall–Kier alpha value is -1.07. The first-order valence-electron chi connectivity index (χ1n) is 6.96. The van der Waals surface area contributed by atoms with E-state index >= 15 is 0 Å². The van der Waals surface area contributed by atoms with Crippen LogP contribution in [0.4, 0.5) is 0 Å². The van der Waals surface area contributed by atoms with Crippen LogP contribution in [-0.4, -0.2) is 26.6 Å². The first-order valence-corrected chi connectivity index (χ1v) is 9.44. The van der Waals surface area contributed by atoms with Gasteiger partial charge in [-0.2, -0.15) is 0 Å². The monoisotopic (exact) mass is 330 g/mol. The predicted molar refractivity (Wildman–Crippen MR) is 82.5 cm³/mol. The van der Waals surface area contributed by atoms with E-state index in [1.165, 1.54) is 6.92 Å². The van der Waals surface area contributed by atoms with Crippen LogP contribution in [0.25, 0.3) is 0 Å². The van der Waals surface area contributed by atoms with E-state index in [0.717, 1.165) is 25.7 Å². The van der Waals surface area contributed by atoms with Gasteiger partial charge in [-0.3, -0.25) is 4.79 Å². The summed E-state index contributed by atoms with van der Waals surface area (Å²) in [5.41, 5.74) is 0.0733. The number of ketones is 1. The molecule has 6 heteroatoms. The molecule has 0 unspecified atom stereocenters. The van der Waals surface area contributed by atoms with Crippen molar-refractivity contribution in [2.75, 3.05) is 12.4 Å². The molecule has 1 aromatic carbocycles. The van der Waals surface area contributed by atoms with Gasteiger partial charge in [-0.1, -0.05) is 25.0 Å².